The molecule has 31 heavy (non-hydrogen) atoms. The number of ether oxygens (including phenoxy) is 2. The number of aliphatic imine (C=N–C) groups is 1. The highest BCUT2D eigenvalue weighted by Crippen LogP contribution is 2.43. The molecule has 0 radical (unpaired) electrons. The lowest BCUT2D eigenvalue weighted by Crippen LogP contribution is -2.41. The van der Waals surface area contributed by atoms with E-state index in [9.17, 15) is 18.0 Å². The average molecular weight is 433 g/mol. The van der Waals surface area contributed by atoms with E-state index in [4.69, 9.17) is 15.2 Å². The highest BCUT2D eigenvalue weighted by atomic mass is 19.2. The maximum absolute atomic E-state index is 14.5. The van der Waals surface area contributed by atoms with Crippen LogP contribution in [-0.4, -0.2) is 43.6 Å². The van der Waals surface area contributed by atoms with Crippen molar-refractivity contribution in [2.24, 2.45) is 10.7 Å². The van der Waals surface area contributed by atoms with Crippen LogP contribution in [0.1, 0.15) is 24.8 Å². The molecule has 2 aromatic rings. The number of nitrogens with zero attached hydrogens (tertiary/aromatic N) is 2. The van der Waals surface area contributed by atoms with Crippen molar-refractivity contribution in [3.05, 3.63) is 53.3 Å². The van der Waals surface area contributed by atoms with E-state index in [1.807, 2.05) is 0 Å². The first kappa shape index (κ1) is 21.2. The molecule has 6 nitrogen and oxygen atoms in total. The third kappa shape index (κ3) is 3.74. The van der Waals surface area contributed by atoms with E-state index in [2.05, 4.69) is 4.99 Å². The molecule has 0 unspecified atom stereocenters. The number of rotatable bonds is 1. The largest absolute Gasteiger partial charge is 0.493 e. The summed E-state index contributed by atoms with van der Waals surface area (Å²) in [6.45, 7) is 1.12. The second-order valence-electron chi connectivity index (χ2n) is 7.57. The van der Waals surface area contributed by atoms with Crippen molar-refractivity contribution in [3.8, 4) is 16.9 Å². The predicted molar refractivity (Wildman–Crippen MR) is 108 cm³/mol. The number of likely N-dealkylation sites (N-methyl/N-ethyl adjacent to an activating group) is 1. The molecular formula is C22H22F3N3O3. The average Bonchev–Trinajstić information content (AvgIpc) is 2.94. The molecule has 9 heteroatoms. The van der Waals surface area contributed by atoms with Gasteiger partial charge < -0.3 is 15.2 Å². The lowest BCUT2D eigenvalue weighted by atomic mass is 9.84. The molecule has 0 fully saturated rings. The summed E-state index contributed by atoms with van der Waals surface area (Å²) in [6.07, 6.45) is 1.70. The fourth-order valence-corrected chi connectivity index (χ4v) is 3.90. The Morgan fingerprint density at radius 3 is 2.61 bits per heavy atom. The third-order valence-corrected chi connectivity index (χ3v) is 5.59. The van der Waals surface area contributed by atoms with Gasteiger partial charge in [0, 0.05) is 43.9 Å². The molecule has 4 rings (SSSR count). The first-order valence-electron chi connectivity index (χ1n) is 9.97. The molecule has 2 aliphatic heterocycles. The predicted octanol–water partition coefficient (Wildman–Crippen LogP) is 3.33. The van der Waals surface area contributed by atoms with E-state index < -0.39 is 23.0 Å². The number of benzene rings is 2. The zero-order valence-corrected chi connectivity index (χ0v) is 17.0. The molecule has 2 N–H and O–H groups in total. The SMILES string of the molecule is CN1C(=O)[C@@]2(CCOCCCCOc3ccc(-c4cc(F)cc(F)c4F)cc32)N=C1N. The van der Waals surface area contributed by atoms with Crippen molar-refractivity contribution < 1.29 is 27.4 Å². The molecule has 0 saturated heterocycles. The minimum atomic E-state index is -1.45. The van der Waals surface area contributed by atoms with Crippen LogP contribution in [0.2, 0.25) is 0 Å². The van der Waals surface area contributed by atoms with Gasteiger partial charge in [-0.3, -0.25) is 9.69 Å². The molecule has 2 aromatic carbocycles. The van der Waals surface area contributed by atoms with E-state index in [1.165, 1.54) is 24.1 Å². The number of fused-ring (bicyclic) bond motifs is 2. The first-order chi connectivity index (χ1) is 14.8. The van der Waals surface area contributed by atoms with Gasteiger partial charge in [-0.15, -0.1) is 0 Å². The summed E-state index contributed by atoms with van der Waals surface area (Å²) in [4.78, 5) is 18.9. The summed E-state index contributed by atoms with van der Waals surface area (Å²) in [5.41, 5.74) is 4.76. The van der Waals surface area contributed by atoms with Crippen molar-refractivity contribution in [2.75, 3.05) is 26.9 Å². The molecule has 1 atom stereocenters. The molecule has 0 saturated carbocycles. The van der Waals surface area contributed by atoms with Crippen LogP contribution >= 0.6 is 0 Å². The van der Waals surface area contributed by atoms with Crippen LogP contribution in [0.15, 0.2) is 35.3 Å². The van der Waals surface area contributed by atoms with E-state index in [0.717, 1.165) is 18.9 Å². The van der Waals surface area contributed by atoms with E-state index in [0.29, 0.717) is 30.6 Å². The Labute approximate surface area is 177 Å². The first-order valence-corrected chi connectivity index (χ1v) is 9.97. The highest BCUT2D eigenvalue weighted by Gasteiger charge is 2.49. The van der Waals surface area contributed by atoms with Crippen LogP contribution in [0.4, 0.5) is 13.2 Å². The number of hydrogen-bond donors (Lipinski definition) is 1. The number of carbonyl (C=O) groups is 1. The minimum absolute atomic E-state index is 0.0270. The van der Waals surface area contributed by atoms with Crippen molar-refractivity contribution in [3.63, 3.8) is 0 Å². The van der Waals surface area contributed by atoms with Gasteiger partial charge in [-0.1, -0.05) is 6.07 Å². The maximum Gasteiger partial charge on any atom is 0.261 e. The number of carbonyl (C=O) groups excluding carboxylic acids is 1. The van der Waals surface area contributed by atoms with Crippen LogP contribution in [0.5, 0.6) is 5.75 Å². The van der Waals surface area contributed by atoms with E-state index >= 15 is 0 Å². The van der Waals surface area contributed by atoms with Gasteiger partial charge in [-0.05, 0) is 36.6 Å². The van der Waals surface area contributed by atoms with Gasteiger partial charge in [0.1, 0.15) is 11.6 Å². The summed E-state index contributed by atoms with van der Waals surface area (Å²) < 4.78 is 53.7. The van der Waals surface area contributed by atoms with Gasteiger partial charge in [-0.25, -0.2) is 18.2 Å². The normalized spacial score (nSPS) is 22.0. The van der Waals surface area contributed by atoms with Crippen LogP contribution in [0, 0.1) is 17.5 Å². The van der Waals surface area contributed by atoms with Crippen LogP contribution in [-0.2, 0) is 15.1 Å². The number of amides is 1. The van der Waals surface area contributed by atoms with Crippen molar-refractivity contribution in [2.45, 2.75) is 24.8 Å². The van der Waals surface area contributed by atoms with Gasteiger partial charge in [0.2, 0.25) is 0 Å². The number of nitrogens with two attached hydrogens (primary N) is 1. The van der Waals surface area contributed by atoms with Crippen LogP contribution in [0.3, 0.4) is 0 Å². The van der Waals surface area contributed by atoms with Crippen LogP contribution < -0.4 is 10.5 Å². The summed E-state index contributed by atoms with van der Waals surface area (Å²) in [7, 11) is 1.51. The Morgan fingerprint density at radius 1 is 1.10 bits per heavy atom. The van der Waals surface area contributed by atoms with Gasteiger partial charge in [0.15, 0.2) is 23.1 Å². The topological polar surface area (TPSA) is 77.2 Å². The van der Waals surface area contributed by atoms with Gasteiger partial charge in [-0.2, -0.15) is 0 Å². The van der Waals surface area contributed by atoms with Gasteiger partial charge >= 0.3 is 0 Å². The maximum atomic E-state index is 14.5. The van der Waals surface area contributed by atoms with Gasteiger partial charge in [0.25, 0.3) is 5.91 Å². The standard InChI is InChI=1S/C22H22F3N3O3/c1-28-20(29)22(27-21(28)26)6-9-30-7-2-3-8-31-18-5-4-13(10-16(18)22)15-11-14(23)12-17(24)19(15)25/h4-5,10-12H,2-3,6-9H2,1H3,(H2,26,27)/t22-/m0/s1. The number of hydrogen-bond acceptors (Lipinski definition) is 5. The molecule has 2 aliphatic rings. The zero-order chi connectivity index (χ0) is 22.2. The minimum Gasteiger partial charge on any atom is -0.493 e. The molecule has 0 aliphatic carbocycles. The van der Waals surface area contributed by atoms with Crippen molar-refractivity contribution in [1.82, 2.24) is 4.90 Å². The lowest BCUT2D eigenvalue weighted by Gasteiger charge is -2.27. The Bertz CT molecular complexity index is 1060. The lowest BCUT2D eigenvalue weighted by molar-refractivity contribution is -0.131. The Kier molecular flexibility index (Phi) is 5.62. The second kappa shape index (κ2) is 8.22. The summed E-state index contributed by atoms with van der Waals surface area (Å²) in [5, 5.41) is 0. The van der Waals surface area contributed by atoms with Gasteiger partial charge in [0.05, 0.1) is 6.61 Å². The summed E-state index contributed by atoms with van der Waals surface area (Å²) >= 11 is 0. The monoisotopic (exact) mass is 433 g/mol. The molecule has 1 amide bonds. The highest BCUT2D eigenvalue weighted by molar-refractivity contribution is 6.07. The molecule has 1 spiro atoms. The Morgan fingerprint density at radius 2 is 1.87 bits per heavy atom. The Balaban J connectivity index is 1.92. The molecule has 2 heterocycles. The third-order valence-electron chi connectivity index (χ3n) is 5.59. The quantitative estimate of drug-likeness (QED) is 0.700. The molecular weight excluding hydrogens is 411 g/mol. The summed E-state index contributed by atoms with van der Waals surface area (Å²) in [6, 6.07) is 5.92. The number of guanidine groups is 1. The Hall–Kier alpha value is -3.07. The molecule has 164 valence electrons. The summed E-state index contributed by atoms with van der Waals surface area (Å²) in [5.74, 6) is -3.38. The number of halogens is 3. The fourth-order valence-electron chi connectivity index (χ4n) is 3.90. The second-order valence-corrected chi connectivity index (χ2v) is 7.57. The van der Waals surface area contributed by atoms with Crippen molar-refractivity contribution in [1.29, 1.82) is 0 Å². The van der Waals surface area contributed by atoms with E-state index in [-0.39, 0.29) is 36.0 Å². The van der Waals surface area contributed by atoms with E-state index in [1.54, 1.807) is 6.07 Å². The fraction of sp³-hybridized carbons (Fsp3) is 0.364. The molecule has 0 aromatic heterocycles. The van der Waals surface area contributed by atoms with Crippen LogP contribution in [0.25, 0.3) is 11.1 Å². The zero-order valence-electron chi connectivity index (χ0n) is 17.0. The smallest absolute Gasteiger partial charge is 0.261 e. The molecule has 0 bridgehead atoms. The van der Waals surface area contributed by atoms with Crippen molar-refractivity contribution >= 4 is 11.9 Å².